The molecule has 4 rings (SSSR count). The van der Waals surface area contributed by atoms with Gasteiger partial charge in [0.05, 0.1) is 6.04 Å². The third-order valence-electron chi connectivity index (χ3n) is 4.64. The molecule has 2 heterocycles. The topological polar surface area (TPSA) is 115 Å². The molecular formula is C18H18N4O4. The first-order valence-electron chi connectivity index (χ1n) is 8.15. The second kappa shape index (κ2) is 5.70. The van der Waals surface area contributed by atoms with Crippen LogP contribution in [0.25, 0.3) is 11.0 Å². The van der Waals surface area contributed by atoms with Crippen molar-refractivity contribution in [1.29, 1.82) is 0 Å². The number of nitrogens with two attached hydrogens (primary N) is 1. The Labute approximate surface area is 149 Å². The standard InChI is InChI=1S/C18H18N4O4/c1-18(2)16(23)15(22(17(19)24)10-6-4-3-5-7-10)11-8-12-13(21-26-20-12)9-14(11)25-18/h3-9,15-16,23H,1-2H3,(H2,19,24). The molecule has 1 aliphatic heterocycles. The molecule has 2 amide bonds. The molecule has 0 spiro atoms. The molecule has 8 heteroatoms. The summed E-state index contributed by atoms with van der Waals surface area (Å²) < 4.78 is 10.7. The number of aromatic nitrogens is 2. The number of aliphatic hydroxyl groups is 1. The van der Waals surface area contributed by atoms with Gasteiger partial charge in [-0.05, 0) is 42.4 Å². The summed E-state index contributed by atoms with van der Waals surface area (Å²) in [6.07, 6.45) is -1.03. The Morgan fingerprint density at radius 2 is 1.85 bits per heavy atom. The molecule has 8 nitrogen and oxygen atoms in total. The van der Waals surface area contributed by atoms with E-state index in [4.69, 9.17) is 15.1 Å². The fourth-order valence-corrected chi connectivity index (χ4v) is 3.34. The van der Waals surface area contributed by atoms with E-state index in [1.54, 1.807) is 50.2 Å². The first-order chi connectivity index (χ1) is 12.4. The maximum Gasteiger partial charge on any atom is 0.319 e. The number of hydrogen-bond donors (Lipinski definition) is 2. The summed E-state index contributed by atoms with van der Waals surface area (Å²) in [5, 5.41) is 18.7. The van der Waals surface area contributed by atoms with Crippen molar-refractivity contribution in [2.45, 2.75) is 31.6 Å². The molecule has 0 aliphatic carbocycles. The smallest absolute Gasteiger partial charge is 0.319 e. The van der Waals surface area contributed by atoms with Gasteiger partial charge in [-0.15, -0.1) is 0 Å². The first kappa shape index (κ1) is 16.3. The fraction of sp³-hybridized carbons (Fsp3) is 0.278. The van der Waals surface area contributed by atoms with Gasteiger partial charge in [-0.2, -0.15) is 0 Å². The molecule has 2 atom stereocenters. The number of para-hydroxylation sites is 1. The molecular weight excluding hydrogens is 336 g/mol. The van der Waals surface area contributed by atoms with Crippen LogP contribution in [0.2, 0.25) is 0 Å². The van der Waals surface area contributed by atoms with Crippen molar-refractivity contribution in [3.63, 3.8) is 0 Å². The number of benzene rings is 2. The van der Waals surface area contributed by atoms with Crippen LogP contribution in [0.3, 0.4) is 0 Å². The number of anilines is 1. The van der Waals surface area contributed by atoms with E-state index in [0.717, 1.165) is 0 Å². The second-order valence-electron chi connectivity index (χ2n) is 6.78. The predicted octanol–water partition coefficient (Wildman–Crippen LogP) is 2.38. The molecule has 0 saturated heterocycles. The van der Waals surface area contributed by atoms with E-state index in [1.807, 2.05) is 6.07 Å². The number of carbonyl (C=O) groups is 1. The van der Waals surface area contributed by atoms with E-state index in [1.165, 1.54) is 4.90 Å². The Morgan fingerprint density at radius 3 is 2.50 bits per heavy atom. The van der Waals surface area contributed by atoms with Crippen LogP contribution < -0.4 is 15.4 Å². The molecule has 0 fully saturated rings. The minimum Gasteiger partial charge on any atom is -0.485 e. The molecule has 0 radical (unpaired) electrons. The molecule has 1 aromatic heterocycles. The highest BCUT2D eigenvalue weighted by molar-refractivity contribution is 5.92. The van der Waals surface area contributed by atoms with Crippen LogP contribution in [0.15, 0.2) is 47.1 Å². The molecule has 0 saturated carbocycles. The number of fused-ring (bicyclic) bond motifs is 2. The Bertz CT molecular complexity index is 970. The van der Waals surface area contributed by atoms with E-state index in [9.17, 15) is 9.90 Å². The predicted molar refractivity (Wildman–Crippen MR) is 93.8 cm³/mol. The van der Waals surface area contributed by atoms with Crippen LogP contribution in [-0.4, -0.2) is 33.2 Å². The summed E-state index contributed by atoms with van der Waals surface area (Å²) in [7, 11) is 0. The van der Waals surface area contributed by atoms with E-state index in [-0.39, 0.29) is 0 Å². The maximum absolute atomic E-state index is 12.3. The highest BCUT2D eigenvalue weighted by Crippen LogP contribution is 2.45. The highest BCUT2D eigenvalue weighted by Gasteiger charge is 2.47. The third-order valence-corrected chi connectivity index (χ3v) is 4.64. The SMILES string of the molecule is CC1(C)Oc2cc3nonc3cc2C(N(C(N)=O)c2ccccc2)C1O. The van der Waals surface area contributed by atoms with Gasteiger partial charge in [-0.25, -0.2) is 9.42 Å². The lowest BCUT2D eigenvalue weighted by atomic mass is 9.85. The number of aliphatic hydroxyl groups excluding tert-OH is 1. The average Bonchev–Trinajstić information content (AvgIpc) is 3.05. The molecule has 134 valence electrons. The number of nitrogens with zero attached hydrogens (tertiary/aromatic N) is 3. The second-order valence-corrected chi connectivity index (χ2v) is 6.78. The summed E-state index contributed by atoms with van der Waals surface area (Å²) >= 11 is 0. The number of primary amides is 1. The van der Waals surface area contributed by atoms with E-state index in [2.05, 4.69) is 10.3 Å². The van der Waals surface area contributed by atoms with E-state index in [0.29, 0.717) is 28.0 Å². The fourth-order valence-electron chi connectivity index (χ4n) is 3.34. The number of rotatable bonds is 2. The van der Waals surface area contributed by atoms with Crippen molar-refractivity contribution >= 4 is 22.8 Å². The maximum atomic E-state index is 12.3. The largest absolute Gasteiger partial charge is 0.485 e. The van der Waals surface area contributed by atoms with Crippen molar-refractivity contribution in [1.82, 2.24) is 10.3 Å². The van der Waals surface area contributed by atoms with Crippen LogP contribution in [0.4, 0.5) is 10.5 Å². The van der Waals surface area contributed by atoms with Gasteiger partial charge in [-0.1, -0.05) is 18.2 Å². The molecule has 3 N–H and O–H groups in total. The number of urea groups is 1. The van der Waals surface area contributed by atoms with Gasteiger partial charge in [0.2, 0.25) is 0 Å². The summed E-state index contributed by atoms with van der Waals surface area (Å²) in [4.78, 5) is 13.7. The van der Waals surface area contributed by atoms with Gasteiger partial charge in [0.25, 0.3) is 0 Å². The Balaban J connectivity index is 1.94. The van der Waals surface area contributed by atoms with E-state index >= 15 is 0 Å². The lowest BCUT2D eigenvalue weighted by Gasteiger charge is -2.45. The van der Waals surface area contributed by atoms with Gasteiger partial charge in [0.15, 0.2) is 0 Å². The minimum atomic E-state index is -1.03. The van der Waals surface area contributed by atoms with Crippen molar-refractivity contribution in [3.8, 4) is 5.75 Å². The monoisotopic (exact) mass is 354 g/mol. The van der Waals surface area contributed by atoms with Crippen molar-refractivity contribution in [2.75, 3.05) is 4.90 Å². The molecule has 0 bridgehead atoms. The zero-order chi connectivity index (χ0) is 18.5. The quantitative estimate of drug-likeness (QED) is 0.730. The van der Waals surface area contributed by atoms with Crippen LogP contribution in [0, 0.1) is 0 Å². The highest BCUT2D eigenvalue weighted by atomic mass is 16.6. The Kier molecular flexibility index (Phi) is 3.58. The lowest BCUT2D eigenvalue weighted by Crippen LogP contribution is -2.55. The third kappa shape index (κ3) is 2.46. The van der Waals surface area contributed by atoms with Gasteiger partial charge in [0.1, 0.15) is 28.5 Å². The first-order valence-corrected chi connectivity index (χ1v) is 8.15. The minimum absolute atomic E-state index is 0.496. The summed E-state index contributed by atoms with van der Waals surface area (Å²) in [5.74, 6) is 0.496. The number of hydrogen-bond acceptors (Lipinski definition) is 6. The van der Waals surface area contributed by atoms with Crippen molar-refractivity contribution < 1.29 is 19.3 Å². The molecule has 1 aliphatic rings. The van der Waals surface area contributed by atoms with Crippen LogP contribution in [0.1, 0.15) is 25.5 Å². The van der Waals surface area contributed by atoms with Gasteiger partial charge in [0, 0.05) is 17.3 Å². The van der Waals surface area contributed by atoms with Gasteiger partial charge in [-0.3, -0.25) is 4.90 Å². The van der Waals surface area contributed by atoms with Crippen molar-refractivity contribution in [3.05, 3.63) is 48.0 Å². The summed E-state index contributed by atoms with van der Waals surface area (Å²) in [6, 6.07) is 10.9. The Hall–Kier alpha value is -3.13. The van der Waals surface area contributed by atoms with Crippen LogP contribution in [0.5, 0.6) is 5.75 Å². The van der Waals surface area contributed by atoms with Crippen LogP contribution in [-0.2, 0) is 0 Å². The van der Waals surface area contributed by atoms with Crippen molar-refractivity contribution in [2.24, 2.45) is 5.73 Å². The average molecular weight is 354 g/mol. The van der Waals surface area contributed by atoms with E-state index < -0.39 is 23.8 Å². The number of ether oxygens (including phenoxy) is 1. The lowest BCUT2D eigenvalue weighted by molar-refractivity contribution is -0.0570. The Morgan fingerprint density at radius 1 is 1.19 bits per heavy atom. The van der Waals surface area contributed by atoms with Gasteiger partial charge >= 0.3 is 6.03 Å². The zero-order valence-corrected chi connectivity index (χ0v) is 14.3. The summed E-state index contributed by atoms with van der Waals surface area (Å²) in [5.41, 5.74) is 6.93. The number of carbonyl (C=O) groups excluding carboxylic acids is 1. The normalized spacial score (nSPS) is 21.0. The van der Waals surface area contributed by atoms with Gasteiger partial charge < -0.3 is 15.6 Å². The molecule has 2 unspecified atom stereocenters. The van der Waals surface area contributed by atoms with Crippen LogP contribution >= 0.6 is 0 Å². The summed E-state index contributed by atoms with van der Waals surface area (Å²) in [6.45, 7) is 3.51. The molecule has 3 aromatic rings. The molecule has 2 aromatic carbocycles. The molecule has 26 heavy (non-hydrogen) atoms. The number of amides is 2. The zero-order valence-electron chi connectivity index (χ0n) is 14.3.